The van der Waals surface area contributed by atoms with Gasteiger partial charge in [-0.15, -0.1) is 0 Å². The van der Waals surface area contributed by atoms with E-state index >= 15 is 0 Å². The second-order valence-corrected chi connectivity index (χ2v) is 6.48. The first-order valence-electron chi connectivity index (χ1n) is 7.53. The Bertz CT molecular complexity index is 729. The van der Waals surface area contributed by atoms with E-state index in [4.69, 9.17) is 5.11 Å². The number of amides is 1. The van der Waals surface area contributed by atoms with Crippen LogP contribution in [0, 0.1) is 5.92 Å². The summed E-state index contributed by atoms with van der Waals surface area (Å²) in [5, 5.41) is 9.14. The smallest absolute Gasteiger partial charge is 0.460 e. The fraction of sp³-hybridized carbons (Fsp3) is 0.846. The lowest BCUT2D eigenvalue weighted by atomic mass is 9.90. The molecule has 0 bridgehead atoms. The van der Waals surface area contributed by atoms with Crippen LogP contribution in [0.2, 0.25) is 0 Å². The second kappa shape index (κ2) is 8.03. The number of aliphatic carboxylic acids is 1. The van der Waals surface area contributed by atoms with Crippen molar-refractivity contribution in [2.75, 3.05) is 0 Å². The predicted octanol–water partition coefficient (Wildman–Crippen LogP) is 4.59. The van der Waals surface area contributed by atoms with E-state index in [-0.39, 0.29) is 0 Å². The van der Waals surface area contributed by atoms with E-state index in [2.05, 4.69) is 0 Å². The summed E-state index contributed by atoms with van der Waals surface area (Å²) < 4.78 is 195. The molecular formula is C13H10F15NO3. The molecule has 2 N–H and O–H groups in total. The minimum absolute atomic E-state index is 0.517. The monoisotopic (exact) mass is 513 g/mol. The van der Waals surface area contributed by atoms with Crippen LogP contribution in [-0.4, -0.2) is 64.7 Å². The summed E-state index contributed by atoms with van der Waals surface area (Å²) in [6.07, 6.45) is -7.74. The molecule has 190 valence electrons. The number of nitrogens with one attached hydrogen (secondary N) is 1. The van der Waals surface area contributed by atoms with Gasteiger partial charge in [0.1, 0.15) is 6.04 Å². The van der Waals surface area contributed by atoms with Gasteiger partial charge >= 0.3 is 47.7 Å². The number of carboxylic acids is 1. The molecule has 0 aromatic carbocycles. The largest absolute Gasteiger partial charge is 0.480 e. The zero-order valence-corrected chi connectivity index (χ0v) is 15.1. The molecular weight excluding hydrogens is 503 g/mol. The molecule has 0 aromatic rings. The Kier molecular flexibility index (Phi) is 7.50. The van der Waals surface area contributed by atoms with Gasteiger partial charge in [0.25, 0.3) is 5.91 Å². The molecule has 0 saturated heterocycles. The van der Waals surface area contributed by atoms with Gasteiger partial charge in [0.2, 0.25) is 0 Å². The fourth-order valence-electron chi connectivity index (χ4n) is 1.85. The van der Waals surface area contributed by atoms with E-state index in [1.54, 1.807) is 0 Å². The highest BCUT2D eigenvalue weighted by atomic mass is 19.4. The Morgan fingerprint density at radius 2 is 0.938 bits per heavy atom. The molecule has 4 nitrogen and oxygen atoms in total. The summed E-state index contributed by atoms with van der Waals surface area (Å²) in [7, 11) is 0. The summed E-state index contributed by atoms with van der Waals surface area (Å²) in [4.78, 5) is 22.0. The van der Waals surface area contributed by atoms with Crippen molar-refractivity contribution >= 4 is 11.9 Å². The van der Waals surface area contributed by atoms with Crippen LogP contribution < -0.4 is 5.32 Å². The topological polar surface area (TPSA) is 66.4 Å². The van der Waals surface area contributed by atoms with E-state index < -0.39 is 65.5 Å². The average Bonchev–Trinajstić information content (AvgIpc) is 2.56. The van der Waals surface area contributed by atoms with Crippen LogP contribution in [0.3, 0.4) is 0 Å². The third kappa shape index (κ3) is 4.13. The molecule has 0 saturated carbocycles. The van der Waals surface area contributed by atoms with Gasteiger partial charge < -0.3 is 10.4 Å². The maximum absolute atomic E-state index is 13.6. The third-order valence-electron chi connectivity index (χ3n) is 3.83. The van der Waals surface area contributed by atoms with Crippen LogP contribution in [0.4, 0.5) is 65.9 Å². The normalized spacial score (nSPS) is 16.2. The molecule has 0 aliphatic rings. The highest BCUT2D eigenvalue weighted by Crippen LogP contribution is 2.62. The number of carboxylic acid groups (broad SMARTS) is 1. The van der Waals surface area contributed by atoms with Gasteiger partial charge in [0.05, 0.1) is 0 Å². The van der Waals surface area contributed by atoms with E-state index in [0.29, 0.717) is 5.32 Å². The molecule has 0 heterocycles. The van der Waals surface area contributed by atoms with Gasteiger partial charge in [-0.2, -0.15) is 65.9 Å². The Morgan fingerprint density at radius 1 is 0.625 bits per heavy atom. The van der Waals surface area contributed by atoms with Crippen LogP contribution in [0.25, 0.3) is 0 Å². The maximum atomic E-state index is 13.6. The number of carbonyl (C=O) groups excluding carboxylic acids is 1. The Hall–Kier alpha value is -2.11. The zero-order chi connectivity index (χ0) is 26.5. The van der Waals surface area contributed by atoms with E-state index in [9.17, 15) is 75.4 Å². The molecule has 0 radical (unpaired) electrons. The number of rotatable bonds is 9. The van der Waals surface area contributed by atoms with Crippen molar-refractivity contribution in [3.8, 4) is 0 Å². The SMILES string of the molecule is CC(C)C(NC(=O)C(F)(F)C(F)(F)C(F)(F)C(F)(F)C(F)(F)C(F)(F)C(F)(F)F)C(=O)O. The van der Waals surface area contributed by atoms with Gasteiger partial charge in [-0.05, 0) is 5.92 Å². The lowest BCUT2D eigenvalue weighted by Crippen LogP contribution is -2.74. The summed E-state index contributed by atoms with van der Waals surface area (Å²) in [5.41, 5.74) is 0. The van der Waals surface area contributed by atoms with Crippen LogP contribution in [0.1, 0.15) is 13.8 Å². The summed E-state index contributed by atoms with van der Waals surface area (Å²) >= 11 is 0. The lowest BCUT2D eigenvalue weighted by molar-refractivity contribution is -0.449. The first-order valence-corrected chi connectivity index (χ1v) is 7.53. The van der Waals surface area contributed by atoms with Gasteiger partial charge in [-0.3, -0.25) is 4.79 Å². The maximum Gasteiger partial charge on any atom is 0.460 e. The number of hydrogen-bond donors (Lipinski definition) is 2. The second-order valence-electron chi connectivity index (χ2n) is 6.48. The van der Waals surface area contributed by atoms with E-state index in [1.165, 1.54) is 0 Å². The van der Waals surface area contributed by atoms with Gasteiger partial charge in [0.15, 0.2) is 0 Å². The number of alkyl halides is 15. The molecule has 0 fully saturated rings. The Balaban J connectivity index is 6.53. The molecule has 1 amide bonds. The van der Waals surface area contributed by atoms with Gasteiger partial charge in [-0.1, -0.05) is 13.8 Å². The van der Waals surface area contributed by atoms with Gasteiger partial charge in [0, 0.05) is 0 Å². The first-order chi connectivity index (χ1) is 13.7. The van der Waals surface area contributed by atoms with Crippen molar-refractivity contribution < 1.29 is 80.6 Å². The van der Waals surface area contributed by atoms with Crippen molar-refractivity contribution in [1.29, 1.82) is 0 Å². The number of hydrogen-bond acceptors (Lipinski definition) is 2. The van der Waals surface area contributed by atoms with Crippen molar-refractivity contribution in [3.05, 3.63) is 0 Å². The highest BCUT2D eigenvalue weighted by molar-refractivity contribution is 5.89. The zero-order valence-electron chi connectivity index (χ0n) is 15.1. The van der Waals surface area contributed by atoms with Crippen LogP contribution in [0.15, 0.2) is 0 Å². The van der Waals surface area contributed by atoms with Crippen LogP contribution in [0.5, 0.6) is 0 Å². The first kappa shape index (κ1) is 29.9. The van der Waals surface area contributed by atoms with Crippen molar-refractivity contribution in [2.24, 2.45) is 5.92 Å². The molecule has 1 unspecified atom stereocenters. The minimum Gasteiger partial charge on any atom is -0.480 e. The summed E-state index contributed by atoms with van der Waals surface area (Å²) in [5.74, 6) is -56.2. The molecule has 0 rings (SSSR count). The Morgan fingerprint density at radius 3 is 1.22 bits per heavy atom. The van der Waals surface area contributed by atoms with Crippen LogP contribution >= 0.6 is 0 Å². The van der Waals surface area contributed by atoms with E-state index in [0.717, 1.165) is 13.8 Å². The summed E-state index contributed by atoms with van der Waals surface area (Å²) in [6.45, 7) is 1.66. The number of halogens is 15. The quantitative estimate of drug-likeness (QED) is 0.444. The fourth-order valence-corrected chi connectivity index (χ4v) is 1.85. The Labute approximate surface area is 166 Å². The molecule has 0 aliphatic carbocycles. The van der Waals surface area contributed by atoms with Crippen molar-refractivity contribution in [1.82, 2.24) is 5.32 Å². The number of carbonyl (C=O) groups is 2. The predicted molar refractivity (Wildman–Crippen MR) is 70.1 cm³/mol. The lowest BCUT2D eigenvalue weighted by Gasteiger charge is -2.41. The molecule has 1 atom stereocenters. The standard InChI is InChI=1S/C13H10F15NO3/c1-3(2)4(5(30)31)29-6(32)7(14,15)8(16,17)9(18,19)10(20,21)11(22,23)12(24,25)13(26,27)28/h3-4H,1-2H3,(H,29,32)(H,30,31). The molecule has 0 aromatic heterocycles. The third-order valence-corrected chi connectivity index (χ3v) is 3.83. The van der Waals surface area contributed by atoms with Crippen molar-refractivity contribution in [3.63, 3.8) is 0 Å². The van der Waals surface area contributed by atoms with Crippen LogP contribution in [-0.2, 0) is 9.59 Å². The molecule has 0 spiro atoms. The van der Waals surface area contributed by atoms with Gasteiger partial charge in [-0.25, -0.2) is 4.79 Å². The average molecular weight is 513 g/mol. The molecule has 0 aliphatic heterocycles. The van der Waals surface area contributed by atoms with E-state index in [1.807, 2.05) is 0 Å². The molecule has 19 heteroatoms. The van der Waals surface area contributed by atoms with Crippen molar-refractivity contribution in [2.45, 2.75) is 61.6 Å². The molecule has 32 heavy (non-hydrogen) atoms. The minimum atomic E-state index is -8.53. The summed E-state index contributed by atoms with van der Waals surface area (Å²) in [6, 6.07) is -2.56. The highest BCUT2D eigenvalue weighted by Gasteiger charge is 2.94.